The Morgan fingerprint density at radius 2 is 0.733 bits per heavy atom. The van der Waals surface area contributed by atoms with E-state index in [-0.39, 0.29) is 12.5 Å². The molecule has 9 heteroatoms. The quantitative estimate of drug-likeness (QED) is 0.0261. The SMILES string of the molecule is CC/C=C\C/C=C\C/C=C\C/C=C\C/C=C\C/C=C\CCCCCCCCCCCCCCCCC(=O)NC(COC1OC(CO)C(O)C(O)C1O)C(O)/C=C/CC/C=C/CCCCCCCCCCCCCCCCCCCCCCCCCC. The monoisotopic (exact) mass is 1200 g/mol. The van der Waals surface area contributed by atoms with E-state index < -0.39 is 49.5 Å². The maximum Gasteiger partial charge on any atom is 0.220 e. The Balaban J connectivity index is 2.14. The van der Waals surface area contributed by atoms with E-state index in [2.05, 4.69) is 104 Å². The summed E-state index contributed by atoms with van der Waals surface area (Å²) in [6.07, 6.45) is 88.1. The average Bonchev–Trinajstić information content (AvgIpc) is 2.60. The van der Waals surface area contributed by atoms with Crippen molar-refractivity contribution in [2.24, 2.45) is 0 Å². The van der Waals surface area contributed by atoms with Crippen LogP contribution >= 0.6 is 0 Å². The van der Waals surface area contributed by atoms with E-state index in [1.807, 2.05) is 6.08 Å². The first-order chi connectivity index (χ1) is 42.3. The van der Waals surface area contributed by atoms with Crippen LogP contribution in [0.4, 0.5) is 0 Å². The molecule has 0 radical (unpaired) electrons. The lowest BCUT2D eigenvalue weighted by Crippen LogP contribution is -2.60. The van der Waals surface area contributed by atoms with E-state index in [4.69, 9.17) is 9.47 Å². The maximum atomic E-state index is 13.1. The Hall–Kier alpha value is -2.89. The minimum absolute atomic E-state index is 0.187. The number of aliphatic hydroxyl groups excluding tert-OH is 5. The summed E-state index contributed by atoms with van der Waals surface area (Å²) in [5.74, 6) is -0.187. The number of aliphatic hydroxyl groups is 5. The zero-order chi connectivity index (χ0) is 62.1. The number of unbranched alkanes of at least 4 members (excludes halogenated alkanes) is 39. The first kappa shape index (κ1) is 81.1. The summed E-state index contributed by atoms with van der Waals surface area (Å²) in [6, 6.07) is -0.829. The van der Waals surface area contributed by atoms with Crippen LogP contribution in [0.2, 0.25) is 0 Å². The van der Waals surface area contributed by atoms with Crippen molar-refractivity contribution in [1.29, 1.82) is 0 Å². The molecule has 1 aliphatic rings. The van der Waals surface area contributed by atoms with E-state index in [1.54, 1.807) is 6.08 Å². The van der Waals surface area contributed by atoms with Crippen LogP contribution in [0.1, 0.15) is 328 Å². The highest BCUT2D eigenvalue weighted by molar-refractivity contribution is 5.76. The summed E-state index contributed by atoms with van der Waals surface area (Å²) < 4.78 is 11.3. The number of allylic oxidation sites excluding steroid dienone is 15. The zero-order valence-electron chi connectivity index (χ0n) is 55.8. The molecular formula is C77H137NO8. The molecule has 0 bridgehead atoms. The molecule has 1 rings (SSSR count). The van der Waals surface area contributed by atoms with Crippen LogP contribution in [-0.2, 0) is 14.3 Å². The van der Waals surface area contributed by atoms with Gasteiger partial charge in [-0.15, -0.1) is 0 Å². The van der Waals surface area contributed by atoms with Crippen molar-refractivity contribution in [1.82, 2.24) is 5.32 Å². The summed E-state index contributed by atoms with van der Waals surface area (Å²) >= 11 is 0. The molecule has 1 aliphatic heterocycles. The van der Waals surface area contributed by atoms with E-state index in [9.17, 15) is 30.3 Å². The largest absolute Gasteiger partial charge is 0.394 e. The van der Waals surface area contributed by atoms with Crippen LogP contribution in [0, 0.1) is 0 Å². The second-order valence-electron chi connectivity index (χ2n) is 25.0. The van der Waals surface area contributed by atoms with Gasteiger partial charge in [-0.2, -0.15) is 0 Å². The Morgan fingerprint density at radius 3 is 1.12 bits per heavy atom. The first-order valence-corrected chi connectivity index (χ1v) is 36.5. The Labute approximate surface area is 530 Å². The third-order valence-corrected chi connectivity index (χ3v) is 16.9. The fourth-order valence-corrected chi connectivity index (χ4v) is 11.2. The van der Waals surface area contributed by atoms with Crippen LogP contribution < -0.4 is 5.32 Å². The van der Waals surface area contributed by atoms with Crippen molar-refractivity contribution in [3.63, 3.8) is 0 Å². The van der Waals surface area contributed by atoms with Gasteiger partial charge in [0.25, 0.3) is 0 Å². The van der Waals surface area contributed by atoms with Crippen LogP contribution in [0.25, 0.3) is 0 Å². The molecule has 498 valence electrons. The van der Waals surface area contributed by atoms with Crippen molar-refractivity contribution in [3.05, 3.63) is 97.2 Å². The van der Waals surface area contributed by atoms with E-state index in [0.29, 0.717) is 6.42 Å². The van der Waals surface area contributed by atoms with E-state index in [0.717, 1.165) is 77.0 Å². The van der Waals surface area contributed by atoms with Gasteiger partial charge in [0.1, 0.15) is 24.4 Å². The second kappa shape index (κ2) is 65.1. The molecule has 0 saturated carbocycles. The van der Waals surface area contributed by atoms with Gasteiger partial charge in [0.2, 0.25) is 5.91 Å². The van der Waals surface area contributed by atoms with E-state index in [1.165, 1.54) is 231 Å². The minimum atomic E-state index is -1.58. The van der Waals surface area contributed by atoms with Crippen molar-refractivity contribution < 1.29 is 39.8 Å². The van der Waals surface area contributed by atoms with Crippen LogP contribution in [-0.4, -0.2) is 87.5 Å². The molecule has 1 fully saturated rings. The van der Waals surface area contributed by atoms with Crippen molar-refractivity contribution in [2.45, 2.75) is 371 Å². The Kier molecular flexibility index (Phi) is 61.4. The van der Waals surface area contributed by atoms with Gasteiger partial charge in [-0.25, -0.2) is 0 Å². The van der Waals surface area contributed by atoms with E-state index >= 15 is 0 Å². The van der Waals surface area contributed by atoms with Crippen molar-refractivity contribution in [3.8, 4) is 0 Å². The van der Waals surface area contributed by atoms with Crippen molar-refractivity contribution in [2.75, 3.05) is 13.2 Å². The van der Waals surface area contributed by atoms with Gasteiger partial charge < -0.3 is 40.3 Å². The summed E-state index contributed by atoms with van der Waals surface area (Å²) in [6.45, 7) is 3.68. The molecule has 0 aromatic carbocycles. The number of rotatable bonds is 63. The van der Waals surface area contributed by atoms with Gasteiger partial charge in [-0.3, -0.25) is 4.79 Å². The molecule has 1 saturated heterocycles. The second-order valence-corrected chi connectivity index (χ2v) is 25.0. The Bertz CT molecular complexity index is 1680. The topological polar surface area (TPSA) is 149 Å². The fraction of sp³-hybridized carbons (Fsp3) is 0.779. The lowest BCUT2D eigenvalue weighted by Gasteiger charge is -2.40. The summed E-state index contributed by atoms with van der Waals surface area (Å²) in [5.41, 5.74) is 0. The van der Waals surface area contributed by atoms with Crippen molar-refractivity contribution >= 4 is 5.91 Å². The molecule has 0 aromatic rings. The molecule has 0 aromatic heterocycles. The molecule has 9 nitrogen and oxygen atoms in total. The number of carbonyl (C=O) groups is 1. The number of hydrogen-bond donors (Lipinski definition) is 6. The third-order valence-electron chi connectivity index (χ3n) is 16.9. The number of nitrogens with one attached hydrogen (secondary N) is 1. The van der Waals surface area contributed by atoms with Crippen LogP contribution in [0.5, 0.6) is 0 Å². The third kappa shape index (κ3) is 53.0. The van der Waals surface area contributed by atoms with Crippen LogP contribution in [0.3, 0.4) is 0 Å². The normalized spacial score (nSPS) is 18.6. The van der Waals surface area contributed by atoms with Crippen LogP contribution in [0.15, 0.2) is 97.2 Å². The van der Waals surface area contributed by atoms with Gasteiger partial charge in [0, 0.05) is 6.42 Å². The van der Waals surface area contributed by atoms with Gasteiger partial charge >= 0.3 is 0 Å². The predicted octanol–water partition coefficient (Wildman–Crippen LogP) is 20.3. The molecule has 6 N–H and O–H groups in total. The van der Waals surface area contributed by atoms with Gasteiger partial charge in [0.05, 0.1) is 25.4 Å². The zero-order valence-corrected chi connectivity index (χ0v) is 55.8. The molecular weight excluding hydrogens is 1070 g/mol. The Morgan fingerprint density at radius 1 is 0.407 bits per heavy atom. The highest BCUT2D eigenvalue weighted by Gasteiger charge is 2.44. The average molecular weight is 1200 g/mol. The predicted molar refractivity (Wildman–Crippen MR) is 368 cm³/mol. The lowest BCUT2D eigenvalue weighted by atomic mass is 9.99. The fourth-order valence-electron chi connectivity index (χ4n) is 11.2. The highest BCUT2D eigenvalue weighted by atomic mass is 16.7. The lowest BCUT2D eigenvalue weighted by molar-refractivity contribution is -0.302. The van der Waals surface area contributed by atoms with Gasteiger partial charge in [-0.05, 0) is 83.5 Å². The maximum absolute atomic E-state index is 13.1. The number of amides is 1. The number of carbonyl (C=O) groups excluding carboxylic acids is 1. The molecule has 1 heterocycles. The number of hydrogen-bond acceptors (Lipinski definition) is 8. The molecule has 0 spiro atoms. The molecule has 0 aliphatic carbocycles. The first-order valence-electron chi connectivity index (χ1n) is 36.5. The minimum Gasteiger partial charge on any atom is -0.394 e. The highest BCUT2D eigenvalue weighted by Crippen LogP contribution is 2.23. The standard InChI is InChI=1S/C77H137NO8/c1-3-5-7-9-11-13-15-17-19-21-23-25-27-29-31-33-35-36-37-39-41-43-45-47-49-51-53-55-57-59-61-63-65-67-73(81)78-70(69-85-77-76(84)75(83)74(82)72(68-79)86-77)71(80)66-64-62-60-58-56-54-52-50-48-46-44-42-40-38-34-32-30-28-26-24-22-20-18-16-14-12-10-8-6-4-2/h5,7,11,13,17,19,23,25,29,31,35-36,56,58,64,66,70-72,74-77,79-80,82-84H,3-4,6,8-10,12,14-16,18,20-22,24,26-28,30,32-34,37-55,57,59-63,65,67-69H2,1-2H3,(H,78,81)/b7-5-,13-11-,19-17-,25-23-,31-29-,36-35-,58-56+,66-64+. The molecule has 1 amide bonds. The molecule has 7 atom stereocenters. The molecule has 86 heavy (non-hydrogen) atoms. The van der Waals surface area contributed by atoms with Gasteiger partial charge in [0.15, 0.2) is 6.29 Å². The summed E-state index contributed by atoms with van der Waals surface area (Å²) in [7, 11) is 0. The van der Waals surface area contributed by atoms with Gasteiger partial charge in [-0.1, -0.05) is 336 Å². The summed E-state index contributed by atoms with van der Waals surface area (Å²) in [5, 5.41) is 54.8. The summed E-state index contributed by atoms with van der Waals surface area (Å²) in [4.78, 5) is 13.1. The smallest absolute Gasteiger partial charge is 0.220 e. The number of ether oxygens (including phenoxy) is 2. The molecule has 7 unspecified atom stereocenters.